The quantitative estimate of drug-likeness (QED) is 0.741. The largest absolute Gasteiger partial charge is 0.481 e. The Morgan fingerprint density at radius 2 is 1.86 bits per heavy atom. The molecule has 0 amide bonds. The van der Waals surface area contributed by atoms with E-state index in [1.165, 1.54) is 7.05 Å². The van der Waals surface area contributed by atoms with Crippen molar-refractivity contribution in [2.24, 2.45) is 0 Å². The van der Waals surface area contributed by atoms with Crippen LogP contribution in [-0.2, 0) is 21.5 Å². The zero-order valence-electron chi connectivity index (χ0n) is 12.4. The number of carboxylic acid groups (broad SMARTS) is 1. The van der Waals surface area contributed by atoms with Gasteiger partial charge in [0, 0.05) is 20.1 Å². The molecule has 0 saturated carbocycles. The number of hydrogen-bond acceptors (Lipinski definition) is 4. The van der Waals surface area contributed by atoms with Crippen molar-refractivity contribution in [1.82, 2.24) is 9.21 Å². The van der Waals surface area contributed by atoms with Gasteiger partial charge in [-0.25, -0.2) is 0 Å². The molecule has 118 valence electrons. The summed E-state index contributed by atoms with van der Waals surface area (Å²) < 4.78 is 27.8. The first-order valence-electron chi connectivity index (χ1n) is 6.41. The summed E-state index contributed by atoms with van der Waals surface area (Å²) in [5, 5.41) is 8.61. The van der Waals surface area contributed by atoms with E-state index in [2.05, 4.69) is 4.72 Å². The van der Waals surface area contributed by atoms with Crippen molar-refractivity contribution in [3.05, 3.63) is 29.8 Å². The Bertz CT molecular complexity index is 587. The van der Waals surface area contributed by atoms with Crippen LogP contribution in [0.5, 0.6) is 0 Å². The van der Waals surface area contributed by atoms with E-state index in [1.807, 2.05) is 31.1 Å². The van der Waals surface area contributed by atoms with Crippen molar-refractivity contribution in [1.29, 1.82) is 0 Å². The van der Waals surface area contributed by atoms with E-state index in [4.69, 9.17) is 5.11 Å². The van der Waals surface area contributed by atoms with Crippen LogP contribution in [0, 0.1) is 0 Å². The van der Waals surface area contributed by atoms with Gasteiger partial charge in [-0.2, -0.15) is 12.7 Å². The van der Waals surface area contributed by atoms with Crippen LogP contribution in [0.2, 0.25) is 0 Å². The maximum Gasteiger partial charge on any atom is 0.304 e. The Kier molecular flexibility index (Phi) is 6.13. The Hall–Kier alpha value is -1.64. The van der Waals surface area contributed by atoms with E-state index in [1.54, 1.807) is 12.1 Å². The number of carbonyl (C=O) groups is 1. The number of nitrogens with zero attached hydrogens (tertiary/aromatic N) is 2. The van der Waals surface area contributed by atoms with Crippen LogP contribution in [0.15, 0.2) is 24.3 Å². The minimum atomic E-state index is -3.77. The SMILES string of the molecule is CN(C)Cc1ccccc1NS(=O)(=O)N(C)CCC(=O)O. The summed E-state index contributed by atoms with van der Waals surface area (Å²) in [6, 6.07) is 7.11. The standard InChI is InChI=1S/C13H21N3O4S/c1-15(2)10-11-6-4-5-7-12(11)14-21(19,20)16(3)9-8-13(17)18/h4-7,14H,8-10H2,1-3H3,(H,17,18). The fourth-order valence-corrected chi connectivity index (χ4v) is 2.65. The van der Waals surface area contributed by atoms with Gasteiger partial charge >= 0.3 is 16.2 Å². The summed E-state index contributed by atoms with van der Waals surface area (Å²) in [6.07, 6.45) is -0.239. The topological polar surface area (TPSA) is 90.0 Å². The van der Waals surface area contributed by atoms with Crippen molar-refractivity contribution >= 4 is 21.9 Å². The average Bonchev–Trinajstić information content (AvgIpc) is 2.37. The van der Waals surface area contributed by atoms with Crippen molar-refractivity contribution in [2.75, 3.05) is 32.4 Å². The van der Waals surface area contributed by atoms with Gasteiger partial charge in [0.25, 0.3) is 0 Å². The lowest BCUT2D eigenvalue weighted by molar-refractivity contribution is -0.137. The summed E-state index contributed by atoms with van der Waals surface area (Å²) in [5.41, 5.74) is 1.34. The molecule has 7 nitrogen and oxygen atoms in total. The number of anilines is 1. The van der Waals surface area contributed by atoms with Crippen LogP contribution in [0.4, 0.5) is 5.69 Å². The second kappa shape index (κ2) is 7.39. The van der Waals surface area contributed by atoms with Crippen LogP contribution in [0.1, 0.15) is 12.0 Å². The molecular formula is C13H21N3O4S. The number of carboxylic acids is 1. The van der Waals surface area contributed by atoms with Crippen molar-refractivity contribution < 1.29 is 18.3 Å². The number of hydrogen-bond donors (Lipinski definition) is 2. The van der Waals surface area contributed by atoms with E-state index in [0.717, 1.165) is 9.87 Å². The number of nitrogens with one attached hydrogen (secondary N) is 1. The van der Waals surface area contributed by atoms with Gasteiger partial charge in [-0.1, -0.05) is 18.2 Å². The van der Waals surface area contributed by atoms with E-state index >= 15 is 0 Å². The molecule has 2 N–H and O–H groups in total. The lowest BCUT2D eigenvalue weighted by atomic mass is 10.2. The van der Waals surface area contributed by atoms with Crippen molar-refractivity contribution in [3.63, 3.8) is 0 Å². The minimum absolute atomic E-state index is 0.0828. The zero-order chi connectivity index (χ0) is 16.0. The third-order valence-electron chi connectivity index (χ3n) is 2.79. The van der Waals surface area contributed by atoms with Gasteiger partial charge in [-0.05, 0) is 25.7 Å². The molecule has 8 heteroatoms. The zero-order valence-corrected chi connectivity index (χ0v) is 13.2. The third kappa shape index (κ3) is 5.70. The smallest absolute Gasteiger partial charge is 0.304 e. The first-order valence-corrected chi connectivity index (χ1v) is 7.85. The van der Waals surface area contributed by atoms with Crippen LogP contribution in [0.3, 0.4) is 0 Å². The molecule has 0 bridgehead atoms. The molecule has 0 radical (unpaired) electrons. The Balaban J connectivity index is 2.86. The van der Waals surface area contributed by atoms with Crippen molar-refractivity contribution in [3.8, 4) is 0 Å². The van der Waals surface area contributed by atoms with Crippen LogP contribution in [-0.4, -0.2) is 56.4 Å². The molecule has 1 aromatic carbocycles. The molecule has 0 atom stereocenters. The molecule has 0 unspecified atom stereocenters. The summed E-state index contributed by atoms with van der Waals surface area (Å²) in [6.45, 7) is 0.512. The van der Waals surface area contributed by atoms with E-state index < -0.39 is 16.2 Å². The van der Waals surface area contributed by atoms with Crippen molar-refractivity contribution in [2.45, 2.75) is 13.0 Å². The molecule has 0 aliphatic carbocycles. The number of para-hydroxylation sites is 1. The van der Waals surface area contributed by atoms with E-state index in [0.29, 0.717) is 12.2 Å². The lowest BCUT2D eigenvalue weighted by Gasteiger charge is -2.20. The fourth-order valence-electron chi connectivity index (χ4n) is 1.69. The maximum absolute atomic E-state index is 12.2. The molecule has 0 fully saturated rings. The number of benzene rings is 1. The summed E-state index contributed by atoms with van der Waals surface area (Å²) in [4.78, 5) is 12.4. The molecular weight excluding hydrogens is 294 g/mol. The maximum atomic E-state index is 12.2. The second-order valence-corrected chi connectivity index (χ2v) is 6.74. The van der Waals surface area contributed by atoms with Crippen LogP contribution >= 0.6 is 0 Å². The fraction of sp³-hybridized carbons (Fsp3) is 0.462. The molecule has 0 saturated heterocycles. The van der Waals surface area contributed by atoms with Crippen LogP contribution in [0.25, 0.3) is 0 Å². The molecule has 21 heavy (non-hydrogen) atoms. The normalized spacial score (nSPS) is 11.9. The van der Waals surface area contributed by atoms with Gasteiger partial charge in [0.15, 0.2) is 0 Å². The molecule has 0 spiro atoms. The van der Waals surface area contributed by atoms with Gasteiger partial charge in [0.05, 0.1) is 12.1 Å². The highest BCUT2D eigenvalue weighted by Crippen LogP contribution is 2.18. The minimum Gasteiger partial charge on any atom is -0.481 e. The van der Waals surface area contributed by atoms with Gasteiger partial charge in [0.1, 0.15) is 0 Å². The number of aliphatic carboxylic acids is 1. The highest BCUT2D eigenvalue weighted by Gasteiger charge is 2.19. The van der Waals surface area contributed by atoms with Gasteiger partial charge in [-0.3, -0.25) is 9.52 Å². The van der Waals surface area contributed by atoms with Gasteiger partial charge in [0.2, 0.25) is 0 Å². The Morgan fingerprint density at radius 3 is 2.43 bits per heavy atom. The molecule has 0 heterocycles. The molecule has 0 aliphatic rings. The number of rotatable bonds is 8. The summed E-state index contributed by atoms with van der Waals surface area (Å²) in [5.74, 6) is -1.04. The summed E-state index contributed by atoms with van der Waals surface area (Å²) >= 11 is 0. The predicted octanol–water partition coefficient (Wildman–Crippen LogP) is 0.811. The van der Waals surface area contributed by atoms with Crippen LogP contribution < -0.4 is 4.72 Å². The third-order valence-corrected chi connectivity index (χ3v) is 4.27. The summed E-state index contributed by atoms with van der Waals surface area (Å²) in [7, 11) is 1.37. The second-order valence-electron chi connectivity index (χ2n) is 4.97. The molecule has 0 aromatic heterocycles. The molecule has 1 aromatic rings. The molecule has 1 rings (SSSR count). The predicted molar refractivity (Wildman–Crippen MR) is 81.3 cm³/mol. The molecule has 0 aliphatic heterocycles. The highest BCUT2D eigenvalue weighted by molar-refractivity contribution is 7.90. The van der Waals surface area contributed by atoms with E-state index in [-0.39, 0.29) is 13.0 Å². The lowest BCUT2D eigenvalue weighted by Crippen LogP contribution is -2.34. The van der Waals surface area contributed by atoms with E-state index in [9.17, 15) is 13.2 Å². The monoisotopic (exact) mass is 315 g/mol. The average molecular weight is 315 g/mol. The first kappa shape index (κ1) is 17.4. The highest BCUT2D eigenvalue weighted by atomic mass is 32.2. The Labute approximate surface area is 125 Å². The van der Waals surface area contributed by atoms with Gasteiger partial charge < -0.3 is 10.0 Å². The first-order chi connectivity index (χ1) is 9.72. The van der Waals surface area contributed by atoms with Gasteiger partial charge in [-0.15, -0.1) is 0 Å². The Morgan fingerprint density at radius 1 is 1.24 bits per heavy atom.